The maximum atomic E-state index is 5.49. The second kappa shape index (κ2) is 8.09. The van der Waals surface area contributed by atoms with E-state index < -0.39 is 0 Å². The minimum absolute atomic E-state index is 0.562. The third kappa shape index (κ3) is 4.63. The zero-order valence-corrected chi connectivity index (χ0v) is 12.8. The highest BCUT2D eigenvalue weighted by Crippen LogP contribution is 2.41. The van der Waals surface area contributed by atoms with Crippen LogP contribution < -0.4 is 0 Å². The van der Waals surface area contributed by atoms with Gasteiger partial charge in [0.05, 0.1) is 6.10 Å². The molecule has 0 heterocycles. The molecule has 0 N–H and O–H groups in total. The highest BCUT2D eigenvalue weighted by molar-refractivity contribution is 4.82. The van der Waals surface area contributed by atoms with E-state index in [4.69, 9.17) is 4.74 Å². The summed E-state index contributed by atoms with van der Waals surface area (Å²) in [5, 5.41) is 0. The van der Waals surface area contributed by atoms with Gasteiger partial charge in [0.15, 0.2) is 0 Å². The van der Waals surface area contributed by atoms with Gasteiger partial charge < -0.3 is 4.74 Å². The van der Waals surface area contributed by atoms with Gasteiger partial charge in [0.2, 0.25) is 0 Å². The molecule has 2 aliphatic carbocycles. The molecule has 0 aromatic carbocycles. The highest BCUT2D eigenvalue weighted by Gasteiger charge is 2.30. The van der Waals surface area contributed by atoms with Gasteiger partial charge in [-0.2, -0.15) is 0 Å². The van der Waals surface area contributed by atoms with E-state index in [1.165, 1.54) is 70.6 Å². The number of methoxy groups -OCH3 is 1. The van der Waals surface area contributed by atoms with Crippen LogP contribution in [0.3, 0.4) is 0 Å². The van der Waals surface area contributed by atoms with Crippen molar-refractivity contribution >= 4 is 0 Å². The predicted octanol–water partition coefficient (Wildman–Crippen LogP) is 5.35. The fourth-order valence-corrected chi connectivity index (χ4v) is 4.29. The molecule has 0 saturated heterocycles. The van der Waals surface area contributed by atoms with Gasteiger partial charge in [-0.05, 0) is 69.1 Å². The summed E-state index contributed by atoms with van der Waals surface area (Å²) in [6.07, 6.45) is 18.1. The van der Waals surface area contributed by atoms with Crippen molar-refractivity contribution in [3.63, 3.8) is 0 Å². The van der Waals surface area contributed by atoms with Crippen LogP contribution in [-0.2, 0) is 4.74 Å². The Labute approximate surface area is 119 Å². The number of allylic oxidation sites excluding steroid dienone is 1. The Morgan fingerprint density at radius 2 is 1.53 bits per heavy atom. The largest absolute Gasteiger partial charge is 0.381 e. The van der Waals surface area contributed by atoms with Crippen LogP contribution in [0.5, 0.6) is 0 Å². The van der Waals surface area contributed by atoms with Crippen molar-refractivity contribution in [2.24, 2.45) is 17.8 Å². The van der Waals surface area contributed by atoms with E-state index in [0.29, 0.717) is 6.10 Å². The van der Waals surface area contributed by atoms with Gasteiger partial charge in [-0.3, -0.25) is 0 Å². The van der Waals surface area contributed by atoms with Crippen LogP contribution in [0.25, 0.3) is 0 Å². The van der Waals surface area contributed by atoms with E-state index in [9.17, 15) is 0 Å². The number of unbranched alkanes of at least 4 members (excludes halogenated alkanes) is 1. The number of hydrogen-bond acceptors (Lipinski definition) is 1. The predicted molar refractivity (Wildman–Crippen MR) is 82.3 cm³/mol. The maximum Gasteiger partial charge on any atom is 0.0571 e. The monoisotopic (exact) mass is 264 g/mol. The minimum Gasteiger partial charge on any atom is -0.381 e. The molecular formula is C18H32O. The third-order valence-corrected chi connectivity index (χ3v) is 5.63. The van der Waals surface area contributed by atoms with Gasteiger partial charge in [-0.1, -0.05) is 25.3 Å². The average Bonchev–Trinajstić information content (AvgIpc) is 2.48. The second-order valence-electron chi connectivity index (χ2n) is 6.77. The number of hydrogen-bond donors (Lipinski definition) is 0. The molecule has 0 aromatic heterocycles. The molecule has 2 rings (SSSR count). The van der Waals surface area contributed by atoms with Crippen LogP contribution in [0.15, 0.2) is 12.7 Å². The molecule has 2 saturated carbocycles. The molecule has 0 aromatic rings. The summed E-state index contributed by atoms with van der Waals surface area (Å²) in [6.45, 7) is 3.82. The first-order chi connectivity index (χ1) is 9.33. The van der Waals surface area contributed by atoms with Gasteiger partial charge >= 0.3 is 0 Å². The summed E-state index contributed by atoms with van der Waals surface area (Å²) in [4.78, 5) is 0. The van der Waals surface area contributed by atoms with Crippen LogP contribution >= 0.6 is 0 Å². The van der Waals surface area contributed by atoms with Crippen LogP contribution in [0.1, 0.15) is 70.6 Å². The second-order valence-corrected chi connectivity index (χ2v) is 6.77. The first-order valence-corrected chi connectivity index (χ1v) is 8.47. The van der Waals surface area contributed by atoms with Crippen LogP contribution in [0.4, 0.5) is 0 Å². The Balaban J connectivity index is 1.64. The molecule has 0 atom stereocenters. The van der Waals surface area contributed by atoms with Crippen LogP contribution in [-0.4, -0.2) is 13.2 Å². The van der Waals surface area contributed by atoms with Crippen molar-refractivity contribution < 1.29 is 4.74 Å². The molecule has 0 unspecified atom stereocenters. The smallest absolute Gasteiger partial charge is 0.0571 e. The lowest BCUT2D eigenvalue weighted by Crippen LogP contribution is -2.28. The van der Waals surface area contributed by atoms with Crippen molar-refractivity contribution in [3.8, 4) is 0 Å². The molecular weight excluding hydrogens is 232 g/mol. The lowest BCUT2D eigenvalue weighted by atomic mass is 9.70. The quantitative estimate of drug-likeness (QED) is 0.464. The van der Waals surface area contributed by atoms with Gasteiger partial charge in [-0.15, -0.1) is 6.58 Å². The highest BCUT2D eigenvalue weighted by atomic mass is 16.5. The fourth-order valence-electron chi connectivity index (χ4n) is 4.29. The van der Waals surface area contributed by atoms with E-state index in [1.54, 1.807) is 0 Å². The molecule has 19 heavy (non-hydrogen) atoms. The van der Waals surface area contributed by atoms with E-state index in [0.717, 1.165) is 17.8 Å². The molecule has 0 amide bonds. The third-order valence-electron chi connectivity index (χ3n) is 5.63. The van der Waals surface area contributed by atoms with Crippen molar-refractivity contribution in [2.45, 2.75) is 76.7 Å². The van der Waals surface area contributed by atoms with E-state index >= 15 is 0 Å². The molecule has 1 heteroatoms. The molecule has 2 aliphatic rings. The van der Waals surface area contributed by atoms with E-state index in [-0.39, 0.29) is 0 Å². The lowest BCUT2D eigenvalue weighted by molar-refractivity contribution is 0.0391. The topological polar surface area (TPSA) is 9.23 Å². The van der Waals surface area contributed by atoms with Crippen LogP contribution in [0.2, 0.25) is 0 Å². The summed E-state index contributed by atoms with van der Waals surface area (Å²) in [6, 6.07) is 0. The van der Waals surface area contributed by atoms with Gasteiger partial charge in [0, 0.05) is 7.11 Å². The molecule has 1 nitrogen and oxygen atoms in total. The van der Waals surface area contributed by atoms with Crippen molar-refractivity contribution in [2.75, 3.05) is 7.11 Å². The Kier molecular flexibility index (Phi) is 6.43. The molecule has 0 bridgehead atoms. The maximum absolute atomic E-state index is 5.49. The van der Waals surface area contributed by atoms with E-state index in [2.05, 4.69) is 12.7 Å². The molecule has 0 spiro atoms. The summed E-state index contributed by atoms with van der Waals surface area (Å²) in [7, 11) is 1.87. The normalized spacial score (nSPS) is 36.1. The fraction of sp³-hybridized carbons (Fsp3) is 0.889. The number of rotatable bonds is 6. The van der Waals surface area contributed by atoms with Crippen molar-refractivity contribution in [1.29, 1.82) is 0 Å². The van der Waals surface area contributed by atoms with Gasteiger partial charge in [0.1, 0.15) is 0 Å². The average molecular weight is 264 g/mol. The molecule has 110 valence electrons. The summed E-state index contributed by atoms with van der Waals surface area (Å²) >= 11 is 0. The SMILES string of the molecule is C=CCCCC1CCC(C2CCC(OC)CC2)CC1. The zero-order chi connectivity index (χ0) is 13.5. The minimum atomic E-state index is 0.562. The zero-order valence-electron chi connectivity index (χ0n) is 12.8. The Morgan fingerprint density at radius 3 is 2.05 bits per heavy atom. The van der Waals surface area contributed by atoms with E-state index in [1.807, 2.05) is 7.11 Å². The first kappa shape index (κ1) is 15.1. The summed E-state index contributed by atoms with van der Waals surface area (Å²) in [5.41, 5.74) is 0. The lowest BCUT2D eigenvalue weighted by Gasteiger charge is -2.37. The number of ether oxygens (including phenoxy) is 1. The molecule has 0 radical (unpaired) electrons. The summed E-state index contributed by atoms with van der Waals surface area (Å²) in [5.74, 6) is 3.07. The van der Waals surface area contributed by atoms with Crippen LogP contribution in [0, 0.1) is 17.8 Å². The first-order valence-electron chi connectivity index (χ1n) is 8.47. The molecule has 2 fully saturated rings. The summed E-state index contributed by atoms with van der Waals surface area (Å²) < 4.78 is 5.49. The van der Waals surface area contributed by atoms with Crippen molar-refractivity contribution in [1.82, 2.24) is 0 Å². The van der Waals surface area contributed by atoms with Crippen molar-refractivity contribution in [3.05, 3.63) is 12.7 Å². The van der Waals surface area contributed by atoms with Gasteiger partial charge in [0.25, 0.3) is 0 Å². The Bertz CT molecular complexity index is 244. The standard InChI is InChI=1S/C18H32O/c1-3-4-5-6-15-7-9-16(10-8-15)17-11-13-18(19-2)14-12-17/h3,15-18H,1,4-14H2,2H3. The van der Waals surface area contributed by atoms with Gasteiger partial charge in [-0.25, -0.2) is 0 Å². The Hall–Kier alpha value is -0.300. The molecule has 0 aliphatic heterocycles. The Morgan fingerprint density at radius 1 is 0.947 bits per heavy atom.